The van der Waals surface area contributed by atoms with Crippen molar-refractivity contribution in [3.8, 4) is 0 Å². The smallest absolute Gasteiger partial charge is 0.410 e. The van der Waals surface area contributed by atoms with Gasteiger partial charge in [-0.1, -0.05) is 42.8 Å². The van der Waals surface area contributed by atoms with Gasteiger partial charge in [0.15, 0.2) is 0 Å². The molecule has 0 atom stereocenters. The largest absolute Gasteiger partial charge is 0.445 e. The molecule has 0 aliphatic carbocycles. The second kappa shape index (κ2) is 9.41. The van der Waals surface area contributed by atoms with Crippen molar-refractivity contribution < 1.29 is 19.1 Å². The third-order valence-corrected chi connectivity index (χ3v) is 5.07. The first kappa shape index (κ1) is 20.6. The summed E-state index contributed by atoms with van der Waals surface area (Å²) in [7, 11) is 0. The van der Waals surface area contributed by atoms with Crippen LogP contribution >= 0.6 is 0 Å². The highest BCUT2D eigenvalue weighted by Crippen LogP contribution is 2.18. The number of benzene rings is 2. The zero-order valence-corrected chi connectivity index (χ0v) is 16.9. The maximum absolute atomic E-state index is 12.4. The number of carbonyl (C=O) groups excluding carboxylic acids is 3. The molecule has 3 rings (SSSR count). The predicted octanol–water partition coefficient (Wildman–Crippen LogP) is 2.46. The first-order valence-electron chi connectivity index (χ1n) is 9.91. The average Bonchev–Trinajstić information content (AvgIpc) is 2.75. The minimum atomic E-state index is -0.375. The summed E-state index contributed by atoms with van der Waals surface area (Å²) in [4.78, 5) is 39.0. The van der Waals surface area contributed by atoms with Crippen LogP contribution < -0.4 is 5.32 Å². The first-order chi connectivity index (χ1) is 14.0. The van der Waals surface area contributed by atoms with E-state index in [-0.39, 0.29) is 31.1 Å². The Balaban J connectivity index is 1.45. The van der Waals surface area contributed by atoms with E-state index in [1.807, 2.05) is 18.2 Å². The van der Waals surface area contributed by atoms with Gasteiger partial charge in [-0.3, -0.25) is 9.59 Å². The van der Waals surface area contributed by atoms with Crippen molar-refractivity contribution >= 4 is 28.7 Å². The SMILES string of the molecule is CCC(=O)NCC(=O)N1CCN(C(=O)OCc2ccc3cc(C)ccc3c2)CC1. The van der Waals surface area contributed by atoms with E-state index in [0.717, 1.165) is 16.3 Å². The highest BCUT2D eigenvalue weighted by Gasteiger charge is 2.25. The van der Waals surface area contributed by atoms with Crippen molar-refractivity contribution in [2.45, 2.75) is 26.9 Å². The van der Waals surface area contributed by atoms with Crippen LogP contribution in [0.4, 0.5) is 4.79 Å². The Hall–Kier alpha value is -3.09. The maximum atomic E-state index is 12.4. The van der Waals surface area contributed by atoms with E-state index in [1.54, 1.807) is 16.7 Å². The number of piperazine rings is 1. The van der Waals surface area contributed by atoms with Crippen molar-refractivity contribution in [1.82, 2.24) is 15.1 Å². The predicted molar refractivity (Wildman–Crippen MR) is 110 cm³/mol. The van der Waals surface area contributed by atoms with Crippen LogP contribution in [0.25, 0.3) is 10.8 Å². The number of hydrogen-bond donors (Lipinski definition) is 1. The lowest BCUT2D eigenvalue weighted by atomic mass is 10.1. The van der Waals surface area contributed by atoms with Crippen molar-refractivity contribution in [2.75, 3.05) is 32.7 Å². The molecule has 1 heterocycles. The summed E-state index contributed by atoms with van der Waals surface area (Å²) in [5, 5.41) is 4.86. The molecule has 2 aromatic rings. The maximum Gasteiger partial charge on any atom is 0.410 e. The van der Waals surface area contributed by atoms with Crippen molar-refractivity contribution in [3.05, 3.63) is 47.5 Å². The number of aryl methyl sites for hydroxylation is 1. The lowest BCUT2D eigenvalue weighted by Gasteiger charge is -2.34. The standard InChI is InChI=1S/C22H27N3O4/c1-3-20(26)23-14-21(27)24-8-10-25(11-9-24)22(28)29-15-17-5-7-18-12-16(2)4-6-19(18)13-17/h4-7,12-13H,3,8-11,14-15H2,1-2H3,(H,23,26). The number of ether oxygens (including phenoxy) is 1. The molecule has 154 valence electrons. The van der Waals surface area contributed by atoms with E-state index >= 15 is 0 Å². The zero-order valence-electron chi connectivity index (χ0n) is 16.9. The van der Waals surface area contributed by atoms with Gasteiger partial charge in [0, 0.05) is 32.6 Å². The number of nitrogens with zero attached hydrogens (tertiary/aromatic N) is 2. The molecular formula is C22H27N3O4. The normalized spacial score (nSPS) is 14.0. The van der Waals surface area contributed by atoms with E-state index in [4.69, 9.17) is 4.74 Å². The van der Waals surface area contributed by atoms with Crippen LogP contribution in [0.3, 0.4) is 0 Å². The second-order valence-electron chi connectivity index (χ2n) is 7.24. The fourth-order valence-electron chi connectivity index (χ4n) is 3.29. The second-order valence-corrected chi connectivity index (χ2v) is 7.24. The number of fused-ring (bicyclic) bond motifs is 1. The first-order valence-corrected chi connectivity index (χ1v) is 9.91. The van der Waals surface area contributed by atoms with Gasteiger partial charge in [0.05, 0.1) is 6.54 Å². The molecule has 7 nitrogen and oxygen atoms in total. The number of nitrogens with one attached hydrogen (secondary N) is 1. The monoisotopic (exact) mass is 397 g/mol. The minimum Gasteiger partial charge on any atom is -0.445 e. The Kier molecular flexibility index (Phi) is 6.69. The molecule has 0 radical (unpaired) electrons. The molecule has 0 saturated carbocycles. The molecule has 0 aromatic heterocycles. The number of carbonyl (C=O) groups is 3. The van der Waals surface area contributed by atoms with Gasteiger partial charge in [-0.25, -0.2) is 4.79 Å². The minimum absolute atomic E-state index is 0.00138. The Labute approximate surface area is 170 Å². The summed E-state index contributed by atoms with van der Waals surface area (Å²) in [5.41, 5.74) is 2.15. The van der Waals surface area contributed by atoms with Crippen LogP contribution in [-0.2, 0) is 20.9 Å². The number of rotatable bonds is 5. The van der Waals surface area contributed by atoms with Crippen LogP contribution in [0.5, 0.6) is 0 Å². The average molecular weight is 397 g/mol. The van der Waals surface area contributed by atoms with Crippen LogP contribution in [0.15, 0.2) is 36.4 Å². The molecule has 1 fully saturated rings. The van der Waals surface area contributed by atoms with Crippen molar-refractivity contribution in [2.24, 2.45) is 0 Å². The third kappa shape index (κ3) is 5.47. The fraction of sp³-hybridized carbons (Fsp3) is 0.409. The Bertz CT molecular complexity index is 904. The van der Waals surface area contributed by atoms with Crippen LogP contribution in [-0.4, -0.2) is 60.4 Å². The van der Waals surface area contributed by atoms with E-state index in [0.29, 0.717) is 32.6 Å². The summed E-state index contributed by atoms with van der Waals surface area (Å²) >= 11 is 0. The van der Waals surface area contributed by atoms with Crippen molar-refractivity contribution in [3.63, 3.8) is 0 Å². The Morgan fingerprint density at radius 1 is 0.966 bits per heavy atom. The number of hydrogen-bond acceptors (Lipinski definition) is 4. The van der Waals surface area contributed by atoms with E-state index in [9.17, 15) is 14.4 Å². The summed E-state index contributed by atoms with van der Waals surface area (Å²) in [6.07, 6.45) is -0.0237. The summed E-state index contributed by atoms with van der Waals surface area (Å²) < 4.78 is 5.46. The molecule has 1 saturated heterocycles. The molecule has 7 heteroatoms. The van der Waals surface area contributed by atoms with Gasteiger partial charge < -0.3 is 19.9 Å². The third-order valence-electron chi connectivity index (χ3n) is 5.07. The van der Waals surface area contributed by atoms with E-state index < -0.39 is 0 Å². The van der Waals surface area contributed by atoms with Gasteiger partial charge in [0.25, 0.3) is 0 Å². The van der Waals surface area contributed by atoms with Gasteiger partial charge in [-0.05, 0) is 29.3 Å². The topological polar surface area (TPSA) is 79.0 Å². The van der Waals surface area contributed by atoms with Gasteiger partial charge >= 0.3 is 6.09 Å². The molecule has 3 amide bonds. The van der Waals surface area contributed by atoms with Gasteiger partial charge in [0.2, 0.25) is 11.8 Å². The molecule has 2 aromatic carbocycles. The van der Waals surface area contributed by atoms with Gasteiger partial charge in [-0.15, -0.1) is 0 Å². The van der Waals surface area contributed by atoms with Crippen LogP contribution in [0.1, 0.15) is 24.5 Å². The van der Waals surface area contributed by atoms with Gasteiger partial charge in [-0.2, -0.15) is 0 Å². The zero-order chi connectivity index (χ0) is 20.8. The summed E-state index contributed by atoms with van der Waals surface area (Å²) in [5.74, 6) is -0.282. The summed E-state index contributed by atoms with van der Waals surface area (Å²) in [6, 6.07) is 12.3. The number of amides is 3. The highest BCUT2D eigenvalue weighted by atomic mass is 16.6. The van der Waals surface area contributed by atoms with E-state index in [1.165, 1.54) is 5.56 Å². The lowest BCUT2D eigenvalue weighted by Crippen LogP contribution is -2.52. The molecule has 0 unspecified atom stereocenters. The quantitative estimate of drug-likeness (QED) is 0.841. The highest BCUT2D eigenvalue weighted by molar-refractivity contribution is 5.85. The molecule has 0 spiro atoms. The Morgan fingerprint density at radius 2 is 1.62 bits per heavy atom. The molecule has 0 bridgehead atoms. The molecule has 29 heavy (non-hydrogen) atoms. The van der Waals surface area contributed by atoms with E-state index in [2.05, 4.69) is 30.4 Å². The van der Waals surface area contributed by atoms with Crippen LogP contribution in [0.2, 0.25) is 0 Å². The lowest BCUT2D eigenvalue weighted by molar-refractivity contribution is -0.134. The Morgan fingerprint density at radius 3 is 2.34 bits per heavy atom. The molecule has 1 aliphatic rings. The van der Waals surface area contributed by atoms with Crippen molar-refractivity contribution in [1.29, 1.82) is 0 Å². The van der Waals surface area contributed by atoms with Crippen LogP contribution in [0, 0.1) is 6.92 Å². The van der Waals surface area contributed by atoms with Gasteiger partial charge in [0.1, 0.15) is 6.61 Å². The molecule has 1 N–H and O–H groups in total. The summed E-state index contributed by atoms with van der Waals surface area (Å²) in [6.45, 7) is 5.72. The fourth-order valence-corrected chi connectivity index (χ4v) is 3.29. The molecular weight excluding hydrogens is 370 g/mol. The molecule has 1 aliphatic heterocycles.